The summed E-state index contributed by atoms with van der Waals surface area (Å²) in [4.78, 5) is 45.7. The minimum absolute atomic E-state index is 0.0529. The Morgan fingerprint density at radius 2 is 2.03 bits per heavy atom. The number of hydrogen-bond acceptors (Lipinski definition) is 6. The maximum atomic E-state index is 13.2. The molecule has 3 heterocycles. The van der Waals surface area contributed by atoms with Gasteiger partial charge in [-0.3, -0.25) is 9.59 Å². The Hall–Kier alpha value is -2.17. The number of fused-ring (bicyclic) bond motifs is 2. The number of alkyl carbamates (subject to hydrolysis) is 1. The normalized spacial score (nSPS) is 19.4. The van der Waals surface area contributed by atoms with Gasteiger partial charge in [0.25, 0.3) is 0 Å². The van der Waals surface area contributed by atoms with E-state index in [1.807, 2.05) is 18.2 Å². The molecule has 1 spiro atoms. The Labute approximate surface area is 215 Å². The van der Waals surface area contributed by atoms with Gasteiger partial charge in [-0.1, -0.05) is 27.5 Å². The van der Waals surface area contributed by atoms with Crippen molar-refractivity contribution >= 4 is 62.5 Å². The van der Waals surface area contributed by atoms with Gasteiger partial charge in [0, 0.05) is 35.2 Å². The number of carbonyl (C=O) groups excluding carboxylic acids is 3. The molecule has 2 aromatic rings. The summed E-state index contributed by atoms with van der Waals surface area (Å²) in [7, 11) is 0. The molecule has 1 atom stereocenters. The van der Waals surface area contributed by atoms with Crippen molar-refractivity contribution in [2.45, 2.75) is 44.6 Å². The molecule has 1 unspecified atom stereocenters. The first-order valence-electron chi connectivity index (χ1n) is 10.9. The zero-order chi connectivity index (χ0) is 24.7. The standard InChI is InChI=1S/C23H26BrClN4O4S/c1-22(2,3)33-21(32)27-11-20(31)28-7-6-23(12-28)13-29(16-5-4-14(24)8-15(16)23)19(30)9-18-26-10-17(25)34-18/h4-5,8,10H,6-7,9,11-13H2,1-3H3,(H,27,32). The van der Waals surface area contributed by atoms with E-state index in [0.29, 0.717) is 29.0 Å². The minimum Gasteiger partial charge on any atom is -0.444 e. The van der Waals surface area contributed by atoms with E-state index >= 15 is 0 Å². The van der Waals surface area contributed by atoms with Crippen LogP contribution in [-0.2, 0) is 26.2 Å². The molecule has 11 heteroatoms. The quantitative estimate of drug-likeness (QED) is 0.598. The molecule has 34 heavy (non-hydrogen) atoms. The lowest BCUT2D eigenvalue weighted by molar-refractivity contribution is -0.129. The predicted octanol–water partition coefficient (Wildman–Crippen LogP) is 4.14. The van der Waals surface area contributed by atoms with Crippen molar-refractivity contribution in [3.05, 3.63) is 43.8 Å². The summed E-state index contributed by atoms with van der Waals surface area (Å²) in [6.07, 6.45) is 1.83. The van der Waals surface area contributed by atoms with Crippen molar-refractivity contribution < 1.29 is 19.1 Å². The largest absolute Gasteiger partial charge is 0.444 e. The van der Waals surface area contributed by atoms with Crippen LogP contribution in [0, 0.1) is 0 Å². The molecule has 0 aliphatic carbocycles. The average Bonchev–Trinajstić information content (AvgIpc) is 3.44. The van der Waals surface area contributed by atoms with Gasteiger partial charge in [-0.25, -0.2) is 9.78 Å². The molecule has 1 aromatic carbocycles. The van der Waals surface area contributed by atoms with E-state index in [9.17, 15) is 14.4 Å². The number of rotatable bonds is 4. The molecule has 8 nitrogen and oxygen atoms in total. The lowest BCUT2D eigenvalue weighted by atomic mass is 9.81. The summed E-state index contributed by atoms with van der Waals surface area (Å²) in [5, 5.41) is 3.21. The van der Waals surface area contributed by atoms with Crippen LogP contribution >= 0.6 is 38.9 Å². The van der Waals surface area contributed by atoms with Crippen LogP contribution in [0.4, 0.5) is 10.5 Å². The number of hydrogen-bond donors (Lipinski definition) is 1. The maximum absolute atomic E-state index is 13.2. The van der Waals surface area contributed by atoms with Crippen molar-refractivity contribution in [2.24, 2.45) is 0 Å². The fourth-order valence-electron chi connectivity index (χ4n) is 4.47. The predicted molar refractivity (Wildman–Crippen MR) is 134 cm³/mol. The second-order valence-electron chi connectivity index (χ2n) is 9.58. The Morgan fingerprint density at radius 1 is 1.26 bits per heavy atom. The van der Waals surface area contributed by atoms with Gasteiger partial charge in [-0.05, 0) is 51.0 Å². The highest BCUT2D eigenvalue weighted by atomic mass is 79.9. The second kappa shape index (κ2) is 9.47. The summed E-state index contributed by atoms with van der Waals surface area (Å²) >= 11 is 10.8. The first-order chi connectivity index (χ1) is 16.0. The van der Waals surface area contributed by atoms with E-state index in [1.54, 1.807) is 36.8 Å². The molecule has 2 aliphatic heterocycles. The van der Waals surface area contributed by atoms with E-state index in [-0.39, 0.29) is 30.2 Å². The van der Waals surface area contributed by atoms with Crippen LogP contribution in [0.5, 0.6) is 0 Å². The van der Waals surface area contributed by atoms with Crippen LogP contribution in [0.2, 0.25) is 4.34 Å². The zero-order valence-corrected chi connectivity index (χ0v) is 22.3. The molecule has 2 aliphatic rings. The Kier molecular flexibility index (Phi) is 6.94. The summed E-state index contributed by atoms with van der Waals surface area (Å²) < 4.78 is 6.68. The summed E-state index contributed by atoms with van der Waals surface area (Å²) in [6, 6.07) is 5.90. The molecular weight excluding hydrogens is 544 g/mol. The summed E-state index contributed by atoms with van der Waals surface area (Å²) in [6.45, 7) is 6.67. The molecule has 1 fully saturated rings. The van der Waals surface area contributed by atoms with Crippen molar-refractivity contribution in [3.63, 3.8) is 0 Å². The number of anilines is 1. The molecule has 1 aromatic heterocycles. The third kappa shape index (κ3) is 5.39. The molecule has 0 saturated carbocycles. The van der Waals surface area contributed by atoms with Gasteiger partial charge in [0.05, 0.1) is 12.6 Å². The number of benzene rings is 1. The lowest BCUT2D eigenvalue weighted by Gasteiger charge is -2.26. The van der Waals surface area contributed by atoms with Crippen LogP contribution in [0.1, 0.15) is 37.8 Å². The van der Waals surface area contributed by atoms with Crippen LogP contribution in [-0.4, -0.2) is 59.6 Å². The highest BCUT2D eigenvalue weighted by Crippen LogP contribution is 2.47. The third-order valence-electron chi connectivity index (χ3n) is 5.90. The van der Waals surface area contributed by atoms with Crippen LogP contribution in [0.3, 0.4) is 0 Å². The Bertz CT molecular complexity index is 1130. The Morgan fingerprint density at radius 3 is 2.71 bits per heavy atom. The number of amides is 3. The lowest BCUT2D eigenvalue weighted by Crippen LogP contribution is -2.43. The van der Waals surface area contributed by atoms with Gasteiger partial charge in [0.2, 0.25) is 11.8 Å². The Balaban J connectivity index is 1.47. The first-order valence-corrected chi connectivity index (χ1v) is 12.9. The van der Waals surface area contributed by atoms with E-state index in [2.05, 4.69) is 26.2 Å². The summed E-state index contributed by atoms with van der Waals surface area (Å²) in [5.74, 6) is -0.232. The maximum Gasteiger partial charge on any atom is 0.408 e. The highest BCUT2D eigenvalue weighted by molar-refractivity contribution is 9.10. The fourth-order valence-corrected chi connectivity index (χ4v) is 5.78. The van der Waals surface area contributed by atoms with Crippen LogP contribution in [0.15, 0.2) is 28.9 Å². The molecule has 3 amide bonds. The summed E-state index contributed by atoms with van der Waals surface area (Å²) in [5.41, 5.74) is 0.905. The van der Waals surface area contributed by atoms with Crippen LogP contribution in [0.25, 0.3) is 0 Å². The minimum atomic E-state index is -0.633. The molecular formula is C23H26BrClN4O4S. The zero-order valence-electron chi connectivity index (χ0n) is 19.2. The average molecular weight is 570 g/mol. The van der Waals surface area contributed by atoms with E-state index in [4.69, 9.17) is 16.3 Å². The number of halogens is 2. The van der Waals surface area contributed by atoms with Crippen molar-refractivity contribution in [1.29, 1.82) is 0 Å². The topological polar surface area (TPSA) is 91.8 Å². The highest BCUT2D eigenvalue weighted by Gasteiger charge is 2.49. The fraction of sp³-hybridized carbons (Fsp3) is 0.478. The monoisotopic (exact) mass is 568 g/mol. The molecule has 0 radical (unpaired) electrons. The number of aromatic nitrogens is 1. The number of likely N-dealkylation sites (tertiary alicyclic amines) is 1. The van der Waals surface area contributed by atoms with E-state index in [1.165, 1.54) is 11.3 Å². The van der Waals surface area contributed by atoms with Gasteiger partial charge in [-0.15, -0.1) is 11.3 Å². The molecule has 1 saturated heterocycles. The number of nitrogens with one attached hydrogen (secondary N) is 1. The number of nitrogens with zero attached hydrogens (tertiary/aromatic N) is 3. The van der Waals surface area contributed by atoms with Gasteiger partial charge < -0.3 is 19.9 Å². The second-order valence-corrected chi connectivity index (χ2v) is 12.2. The molecule has 4 rings (SSSR count). The van der Waals surface area contributed by atoms with Gasteiger partial charge in [0.15, 0.2) is 0 Å². The van der Waals surface area contributed by atoms with Crippen molar-refractivity contribution in [3.8, 4) is 0 Å². The smallest absolute Gasteiger partial charge is 0.408 e. The molecule has 182 valence electrons. The van der Waals surface area contributed by atoms with E-state index < -0.39 is 11.7 Å². The number of ether oxygens (including phenoxy) is 1. The van der Waals surface area contributed by atoms with Crippen molar-refractivity contribution in [2.75, 3.05) is 31.1 Å². The molecule has 0 bridgehead atoms. The van der Waals surface area contributed by atoms with Gasteiger partial charge in [0.1, 0.15) is 21.5 Å². The first kappa shape index (κ1) is 24.9. The van der Waals surface area contributed by atoms with E-state index in [0.717, 1.165) is 22.1 Å². The number of thiazole rings is 1. The molecule has 1 N–H and O–H groups in total. The van der Waals surface area contributed by atoms with Gasteiger partial charge in [-0.2, -0.15) is 0 Å². The SMILES string of the molecule is CC(C)(C)OC(=O)NCC(=O)N1CCC2(C1)CN(C(=O)Cc1ncc(Cl)s1)c1ccc(Br)cc12. The van der Waals surface area contributed by atoms with Crippen LogP contribution < -0.4 is 10.2 Å². The number of carbonyl (C=O) groups is 3. The van der Waals surface area contributed by atoms with Gasteiger partial charge >= 0.3 is 6.09 Å². The van der Waals surface area contributed by atoms with Crippen molar-refractivity contribution in [1.82, 2.24) is 15.2 Å². The third-order valence-corrected chi connectivity index (χ3v) is 7.51.